The lowest BCUT2D eigenvalue weighted by molar-refractivity contribution is 0.192. The number of hydrogen-bond acceptors (Lipinski definition) is 2. The summed E-state index contributed by atoms with van der Waals surface area (Å²) in [5, 5.41) is 3.41. The Morgan fingerprint density at radius 1 is 0.923 bits per heavy atom. The van der Waals surface area contributed by atoms with Crippen molar-refractivity contribution < 1.29 is 4.74 Å². The van der Waals surface area contributed by atoms with Crippen LogP contribution < -0.4 is 5.32 Å². The van der Waals surface area contributed by atoms with Crippen LogP contribution in [0.5, 0.6) is 0 Å². The molecule has 0 aromatic carbocycles. The second-order valence-corrected chi connectivity index (χ2v) is 3.51. The molecular weight excluding hydrogens is 162 g/mol. The van der Waals surface area contributed by atoms with Gasteiger partial charge in [0.05, 0.1) is 0 Å². The molecule has 2 nitrogen and oxygen atoms in total. The van der Waals surface area contributed by atoms with Crippen LogP contribution in [-0.4, -0.2) is 26.8 Å². The molecule has 0 aliphatic rings. The molecule has 1 N–H and O–H groups in total. The maximum atomic E-state index is 4.99. The van der Waals surface area contributed by atoms with Crippen molar-refractivity contribution in [3.05, 3.63) is 0 Å². The van der Waals surface area contributed by atoms with Gasteiger partial charge in [0.1, 0.15) is 0 Å². The van der Waals surface area contributed by atoms with Crippen molar-refractivity contribution in [1.82, 2.24) is 5.32 Å². The van der Waals surface area contributed by atoms with E-state index < -0.39 is 0 Å². The lowest BCUT2D eigenvalue weighted by Gasteiger charge is -2.02. The molecule has 0 aliphatic carbocycles. The first-order valence-electron chi connectivity index (χ1n) is 5.61. The number of ether oxygens (including phenoxy) is 1. The fourth-order valence-electron chi connectivity index (χ4n) is 1.33. The average molecular weight is 187 g/mol. The van der Waals surface area contributed by atoms with E-state index in [1.54, 1.807) is 7.11 Å². The van der Waals surface area contributed by atoms with Crippen LogP contribution in [-0.2, 0) is 4.74 Å². The molecule has 0 unspecified atom stereocenters. The average Bonchev–Trinajstić information content (AvgIpc) is 2.16. The van der Waals surface area contributed by atoms with Gasteiger partial charge in [-0.1, -0.05) is 26.2 Å². The fraction of sp³-hybridized carbons (Fsp3) is 1.00. The minimum absolute atomic E-state index is 0.925. The zero-order valence-electron chi connectivity index (χ0n) is 9.27. The number of nitrogens with one attached hydrogen (secondary N) is 1. The Balaban J connectivity index is 2.76. The Bertz CT molecular complexity index is 76.2. The first kappa shape index (κ1) is 12.9. The van der Waals surface area contributed by atoms with Gasteiger partial charge >= 0.3 is 0 Å². The van der Waals surface area contributed by atoms with E-state index in [1.807, 2.05) is 0 Å². The SMILES string of the molecule is CCCNCCCCCCCOC. The van der Waals surface area contributed by atoms with E-state index in [9.17, 15) is 0 Å². The Morgan fingerprint density at radius 2 is 1.62 bits per heavy atom. The van der Waals surface area contributed by atoms with Crippen molar-refractivity contribution in [1.29, 1.82) is 0 Å². The summed E-state index contributed by atoms with van der Waals surface area (Å²) in [6, 6.07) is 0. The van der Waals surface area contributed by atoms with Crippen LogP contribution in [0.1, 0.15) is 45.4 Å². The predicted octanol–water partition coefficient (Wildman–Crippen LogP) is 2.58. The molecular formula is C11H25NO. The smallest absolute Gasteiger partial charge is 0.0462 e. The van der Waals surface area contributed by atoms with Crippen LogP contribution in [0.15, 0.2) is 0 Å². The van der Waals surface area contributed by atoms with Gasteiger partial charge in [-0.25, -0.2) is 0 Å². The Kier molecular flexibility index (Phi) is 11.8. The molecule has 0 bridgehead atoms. The highest BCUT2D eigenvalue weighted by atomic mass is 16.5. The Morgan fingerprint density at radius 3 is 2.31 bits per heavy atom. The van der Waals surface area contributed by atoms with Gasteiger partial charge in [-0.15, -0.1) is 0 Å². The molecule has 2 heteroatoms. The highest BCUT2D eigenvalue weighted by Crippen LogP contribution is 2.02. The van der Waals surface area contributed by atoms with Crippen LogP contribution in [0.4, 0.5) is 0 Å². The van der Waals surface area contributed by atoms with Gasteiger partial charge in [0.25, 0.3) is 0 Å². The molecule has 0 rings (SSSR count). The molecule has 0 aliphatic heterocycles. The second-order valence-electron chi connectivity index (χ2n) is 3.51. The summed E-state index contributed by atoms with van der Waals surface area (Å²) in [5.74, 6) is 0. The first-order valence-corrected chi connectivity index (χ1v) is 5.61. The van der Waals surface area contributed by atoms with Crippen LogP contribution in [0.3, 0.4) is 0 Å². The largest absolute Gasteiger partial charge is 0.385 e. The Labute approximate surface area is 83.1 Å². The normalized spacial score (nSPS) is 10.6. The van der Waals surface area contributed by atoms with E-state index >= 15 is 0 Å². The number of methoxy groups -OCH3 is 1. The van der Waals surface area contributed by atoms with Gasteiger partial charge in [0.2, 0.25) is 0 Å². The van der Waals surface area contributed by atoms with Crippen molar-refractivity contribution in [3.8, 4) is 0 Å². The summed E-state index contributed by atoms with van der Waals surface area (Å²) in [6.45, 7) is 5.49. The highest BCUT2D eigenvalue weighted by molar-refractivity contribution is 4.48. The summed E-state index contributed by atoms with van der Waals surface area (Å²) in [5.41, 5.74) is 0. The van der Waals surface area contributed by atoms with Crippen molar-refractivity contribution in [3.63, 3.8) is 0 Å². The van der Waals surface area contributed by atoms with Crippen molar-refractivity contribution in [2.75, 3.05) is 26.8 Å². The molecule has 0 atom stereocenters. The molecule has 0 spiro atoms. The molecule has 13 heavy (non-hydrogen) atoms. The van der Waals surface area contributed by atoms with E-state index in [1.165, 1.54) is 51.6 Å². The Hall–Kier alpha value is -0.0800. The minimum Gasteiger partial charge on any atom is -0.385 e. The number of rotatable bonds is 10. The first-order chi connectivity index (χ1) is 6.41. The van der Waals surface area contributed by atoms with Gasteiger partial charge in [-0.2, -0.15) is 0 Å². The van der Waals surface area contributed by atoms with Gasteiger partial charge < -0.3 is 10.1 Å². The summed E-state index contributed by atoms with van der Waals surface area (Å²) >= 11 is 0. The molecule has 0 saturated carbocycles. The monoisotopic (exact) mass is 187 g/mol. The standard InChI is InChI=1S/C11H25NO/c1-3-9-12-10-7-5-4-6-8-11-13-2/h12H,3-11H2,1-2H3. The van der Waals surface area contributed by atoms with Crippen LogP contribution in [0, 0.1) is 0 Å². The number of hydrogen-bond donors (Lipinski definition) is 1. The molecule has 80 valence electrons. The van der Waals surface area contributed by atoms with E-state index in [0.717, 1.165) is 6.61 Å². The summed E-state index contributed by atoms with van der Waals surface area (Å²) in [4.78, 5) is 0. The highest BCUT2D eigenvalue weighted by Gasteiger charge is 1.90. The van der Waals surface area contributed by atoms with E-state index in [2.05, 4.69) is 12.2 Å². The zero-order valence-corrected chi connectivity index (χ0v) is 9.27. The van der Waals surface area contributed by atoms with Gasteiger partial charge in [0.15, 0.2) is 0 Å². The summed E-state index contributed by atoms with van der Waals surface area (Å²) in [6.07, 6.45) is 7.83. The van der Waals surface area contributed by atoms with E-state index in [4.69, 9.17) is 4.74 Å². The second kappa shape index (κ2) is 11.9. The molecule has 0 aromatic rings. The molecule has 0 amide bonds. The van der Waals surface area contributed by atoms with Gasteiger partial charge in [-0.3, -0.25) is 0 Å². The van der Waals surface area contributed by atoms with Crippen LogP contribution in [0.2, 0.25) is 0 Å². The lowest BCUT2D eigenvalue weighted by atomic mass is 10.1. The molecule has 0 saturated heterocycles. The predicted molar refractivity (Wildman–Crippen MR) is 58.1 cm³/mol. The molecule has 0 heterocycles. The third-order valence-electron chi connectivity index (χ3n) is 2.13. The lowest BCUT2D eigenvalue weighted by Crippen LogP contribution is -2.15. The van der Waals surface area contributed by atoms with Crippen molar-refractivity contribution >= 4 is 0 Å². The maximum absolute atomic E-state index is 4.99. The zero-order chi connectivity index (χ0) is 9.78. The summed E-state index contributed by atoms with van der Waals surface area (Å²) in [7, 11) is 1.77. The molecule has 0 aromatic heterocycles. The third kappa shape index (κ3) is 11.9. The van der Waals surface area contributed by atoms with Crippen LogP contribution >= 0.6 is 0 Å². The van der Waals surface area contributed by atoms with E-state index in [0.29, 0.717) is 0 Å². The number of unbranched alkanes of at least 4 members (excludes halogenated alkanes) is 4. The summed E-state index contributed by atoms with van der Waals surface area (Å²) < 4.78 is 4.99. The fourth-order valence-corrected chi connectivity index (χ4v) is 1.33. The molecule has 0 fully saturated rings. The minimum atomic E-state index is 0.925. The van der Waals surface area contributed by atoms with Crippen molar-refractivity contribution in [2.24, 2.45) is 0 Å². The maximum Gasteiger partial charge on any atom is 0.0462 e. The van der Waals surface area contributed by atoms with Gasteiger partial charge in [0, 0.05) is 13.7 Å². The van der Waals surface area contributed by atoms with Crippen molar-refractivity contribution in [2.45, 2.75) is 45.4 Å². The van der Waals surface area contributed by atoms with Gasteiger partial charge in [-0.05, 0) is 32.4 Å². The topological polar surface area (TPSA) is 21.3 Å². The molecule has 0 radical (unpaired) electrons. The quantitative estimate of drug-likeness (QED) is 0.531. The third-order valence-corrected chi connectivity index (χ3v) is 2.13. The van der Waals surface area contributed by atoms with Crippen LogP contribution in [0.25, 0.3) is 0 Å². The van der Waals surface area contributed by atoms with E-state index in [-0.39, 0.29) is 0 Å².